The first-order valence-electron chi connectivity index (χ1n) is 10.1. The van der Waals surface area contributed by atoms with E-state index in [2.05, 4.69) is 4.98 Å². The van der Waals surface area contributed by atoms with E-state index >= 15 is 4.39 Å². The lowest BCUT2D eigenvalue weighted by Crippen LogP contribution is -2.37. The van der Waals surface area contributed by atoms with Crippen LogP contribution in [0.15, 0.2) is 77.7 Å². The van der Waals surface area contributed by atoms with Crippen molar-refractivity contribution in [1.82, 2.24) is 9.55 Å². The van der Waals surface area contributed by atoms with E-state index in [0.717, 1.165) is 4.57 Å². The van der Waals surface area contributed by atoms with Crippen molar-refractivity contribution in [3.8, 4) is 0 Å². The Labute approximate surface area is 187 Å². The minimum absolute atomic E-state index is 0.0370. The van der Waals surface area contributed by atoms with E-state index in [4.69, 9.17) is 19.9 Å². The summed E-state index contributed by atoms with van der Waals surface area (Å²) in [7, 11) is 0. The van der Waals surface area contributed by atoms with Gasteiger partial charge in [-0.1, -0.05) is 36.4 Å². The average Bonchev–Trinajstić information content (AvgIpc) is 3.13. The summed E-state index contributed by atoms with van der Waals surface area (Å²) >= 11 is 0. The minimum atomic E-state index is -1.94. The molecule has 2 N–H and O–H groups in total. The second-order valence-electron chi connectivity index (χ2n) is 7.25. The fraction of sp³-hybridized carbons (Fsp3) is 0.217. The van der Waals surface area contributed by atoms with Crippen LogP contribution < -0.4 is 11.4 Å². The van der Waals surface area contributed by atoms with E-state index in [1.807, 2.05) is 0 Å². The van der Waals surface area contributed by atoms with Crippen molar-refractivity contribution < 1.29 is 28.2 Å². The molecule has 1 aliphatic rings. The van der Waals surface area contributed by atoms with E-state index in [0.29, 0.717) is 5.56 Å². The molecule has 0 aliphatic carbocycles. The highest BCUT2D eigenvalue weighted by atomic mass is 19.1. The molecule has 1 saturated heterocycles. The van der Waals surface area contributed by atoms with E-state index in [1.165, 1.54) is 24.4 Å². The van der Waals surface area contributed by atoms with Crippen LogP contribution in [0.1, 0.15) is 26.9 Å². The maximum absolute atomic E-state index is 15.4. The highest BCUT2D eigenvalue weighted by Gasteiger charge is 2.49. The third-order valence-corrected chi connectivity index (χ3v) is 5.03. The second-order valence-corrected chi connectivity index (χ2v) is 7.25. The Morgan fingerprint density at radius 1 is 1.00 bits per heavy atom. The van der Waals surface area contributed by atoms with Gasteiger partial charge >= 0.3 is 17.6 Å². The summed E-state index contributed by atoms with van der Waals surface area (Å²) in [5, 5.41) is 0. The minimum Gasteiger partial charge on any atom is -0.459 e. The van der Waals surface area contributed by atoms with Gasteiger partial charge in [-0.25, -0.2) is 18.8 Å². The summed E-state index contributed by atoms with van der Waals surface area (Å²) in [4.78, 5) is 40.7. The molecule has 10 heteroatoms. The molecule has 9 nitrogen and oxygen atoms in total. The maximum atomic E-state index is 15.4. The Bertz CT molecular complexity index is 1190. The first kappa shape index (κ1) is 22.2. The number of benzene rings is 2. The van der Waals surface area contributed by atoms with Crippen LogP contribution in [-0.4, -0.2) is 46.5 Å². The predicted molar refractivity (Wildman–Crippen MR) is 114 cm³/mol. The monoisotopic (exact) mass is 453 g/mol. The number of rotatable bonds is 6. The normalized spacial score (nSPS) is 22.0. The molecule has 1 fully saturated rings. The van der Waals surface area contributed by atoms with Crippen LogP contribution in [0.5, 0.6) is 0 Å². The van der Waals surface area contributed by atoms with Gasteiger partial charge in [-0.2, -0.15) is 4.98 Å². The first-order chi connectivity index (χ1) is 15.9. The number of carbonyl (C=O) groups excluding carboxylic acids is 2. The number of halogens is 1. The quantitative estimate of drug-likeness (QED) is 0.564. The molecular formula is C23H20FN3O6. The molecule has 3 aromatic rings. The fourth-order valence-electron chi connectivity index (χ4n) is 3.39. The van der Waals surface area contributed by atoms with Crippen LogP contribution in [0.2, 0.25) is 0 Å². The molecule has 4 atom stereocenters. The smallest absolute Gasteiger partial charge is 0.351 e. The third kappa shape index (κ3) is 4.90. The number of aromatic nitrogens is 2. The number of nitrogen functional groups attached to an aromatic ring is 1. The van der Waals surface area contributed by atoms with Crippen molar-refractivity contribution in [2.45, 2.75) is 24.6 Å². The molecule has 2 heterocycles. The van der Waals surface area contributed by atoms with Gasteiger partial charge in [0.05, 0.1) is 11.1 Å². The van der Waals surface area contributed by atoms with Crippen LogP contribution in [-0.2, 0) is 14.2 Å². The highest BCUT2D eigenvalue weighted by Crippen LogP contribution is 2.34. The van der Waals surface area contributed by atoms with E-state index in [9.17, 15) is 14.4 Å². The molecule has 4 rings (SSSR count). The first-order valence-corrected chi connectivity index (χ1v) is 10.1. The Morgan fingerprint density at radius 3 is 2.21 bits per heavy atom. The van der Waals surface area contributed by atoms with Crippen LogP contribution >= 0.6 is 0 Å². The van der Waals surface area contributed by atoms with Crippen LogP contribution in [0.4, 0.5) is 10.2 Å². The molecule has 0 radical (unpaired) electrons. The fourth-order valence-corrected chi connectivity index (χ4v) is 3.39. The highest BCUT2D eigenvalue weighted by molar-refractivity contribution is 5.90. The summed E-state index contributed by atoms with van der Waals surface area (Å²) in [5.74, 6) is -1.47. The Kier molecular flexibility index (Phi) is 6.45. The summed E-state index contributed by atoms with van der Waals surface area (Å²) in [6.45, 7) is -0.408. The Morgan fingerprint density at radius 2 is 1.61 bits per heavy atom. The van der Waals surface area contributed by atoms with Crippen molar-refractivity contribution in [2.24, 2.45) is 0 Å². The number of ether oxygens (including phenoxy) is 3. The summed E-state index contributed by atoms with van der Waals surface area (Å²) in [5.41, 5.74) is 5.16. The largest absolute Gasteiger partial charge is 0.459 e. The summed E-state index contributed by atoms with van der Waals surface area (Å²) < 4.78 is 32.7. The summed E-state index contributed by atoms with van der Waals surface area (Å²) in [6, 6.07) is 17.5. The zero-order chi connectivity index (χ0) is 23.4. The van der Waals surface area contributed by atoms with Gasteiger partial charge in [0.25, 0.3) is 0 Å². The van der Waals surface area contributed by atoms with Crippen molar-refractivity contribution in [2.75, 3.05) is 12.3 Å². The van der Waals surface area contributed by atoms with Crippen molar-refractivity contribution in [1.29, 1.82) is 0 Å². The molecule has 2 aromatic carbocycles. The molecule has 170 valence electrons. The SMILES string of the molecule is Nc1ccn([C@@H]2O[C@H](COC(=O)c3ccccc3)[C@@H](OC(=O)c3ccccc3)[C@@H]2F)c(=O)n1. The molecule has 0 bridgehead atoms. The number of nitrogens with two attached hydrogens (primary N) is 1. The van der Waals surface area contributed by atoms with E-state index in [1.54, 1.807) is 48.5 Å². The third-order valence-electron chi connectivity index (χ3n) is 5.03. The lowest BCUT2D eigenvalue weighted by atomic mass is 10.1. The molecule has 33 heavy (non-hydrogen) atoms. The Balaban J connectivity index is 1.56. The van der Waals surface area contributed by atoms with Gasteiger partial charge in [0.15, 0.2) is 18.5 Å². The molecule has 1 aliphatic heterocycles. The lowest BCUT2D eigenvalue weighted by Gasteiger charge is -2.19. The van der Waals surface area contributed by atoms with E-state index in [-0.39, 0.29) is 11.4 Å². The number of anilines is 1. The lowest BCUT2D eigenvalue weighted by molar-refractivity contribution is -0.0591. The molecular weight excluding hydrogens is 433 g/mol. The van der Waals surface area contributed by atoms with Gasteiger partial charge in [0.2, 0.25) is 0 Å². The second kappa shape index (κ2) is 9.61. The van der Waals surface area contributed by atoms with Gasteiger partial charge in [-0.05, 0) is 30.3 Å². The zero-order valence-corrected chi connectivity index (χ0v) is 17.2. The van der Waals surface area contributed by atoms with Crippen molar-refractivity contribution in [3.63, 3.8) is 0 Å². The molecule has 0 spiro atoms. The van der Waals surface area contributed by atoms with Gasteiger partial charge in [0.1, 0.15) is 18.5 Å². The molecule has 1 aromatic heterocycles. The van der Waals surface area contributed by atoms with Crippen LogP contribution in [0.3, 0.4) is 0 Å². The number of nitrogens with zero attached hydrogens (tertiary/aromatic N) is 2. The Hall–Kier alpha value is -4.05. The van der Waals surface area contributed by atoms with Gasteiger partial charge in [-0.3, -0.25) is 4.57 Å². The predicted octanol–water partition coefficient (Wildman–Crippen LogP) is 2.14. The van der Waals surface area contributed by atoms with Gasteiger partial charge in [-0.15, -0.1) is 0 Å². The summed E-state index contributed by atoms with van der Waals surface area (Å²) in [6.07, 6.45) is -4.79. The average molecular weight is 453 g/mol. The maximum Gasteiger partial charge on any atom is 0.351 e. The van der Waals surface area contributed by atoms with Crippen LogP contribution in [0.25, 0.3) is 0 Å². The van der Waals surface area contributed by atoms with E-state index < -0.39 is 48.8 Å². The van der Waals surface area contributed by atoms with Gasteiger partial charge in [0, 0.05) is 6.20 Å². The van der Waals surface area contributed by atoms with Crippen molar-refractivity contribution in [3.05, 3.63) is 94.5 Å². The number of hydrogen-bond acceptors (Lipinski definition) is 8. The molecule has 0 saturated carbocycles. The topological polar surface area (TPSA) is 123 Å². The molecule has 0 unspecified atom stereocenters. The number of esters is 2. The number of hydrogen-bond donors (Lipinski definition) is 1. The number of carbonyl (C=O) groups is 2. The number of alkyl halides is 1. The van der Waals surface area contributed by atoms with Crippen LogP contribution in [0, 0.1) is 0 Å². The molecule has 0 amide bonds. The van der Waals surface area contributed by atoms with Gasteiger partial charge < -0.3 is 19.9 Å². The standard InChI is InChI=1S/C23H20FN3O6/c24-18-19(33-22(29)15-9-5-2-6-10-15)16(13-31-21(28)14-7-3-1-4-8-14)32-20(18)27-12-11-17(25)26-23(27)30/h1-12,16,18-20H,13H2,(H2,25,26,30)/t16-,18+,19-,20-/m1/s1. The van der Waals surface area contributed by atoms with Crippen molar-refractivity contribution >= 4 is 17.8 Å². The zero-order valence-electron chi connectivity index (χ0n) is 17.2.